The first-order chi connectivity index (χ1) is 10.2. The summed E-state index contributed by atoms with van der Waals surface area (Å²) in [5, 5.41) is 2.81. The normalized spacial score (nSPS) is 10.3. The van der Waals surface area contributed by atoms with Gasteiger partial charge in [0.1, 0.15) is 5.75 Å². The lowest BCUT2D eigenvalue weighted by molar-refractivity contribution is 0.420. The molecule has 0 radical (unpaired) electrons. The standard InChI is InChI=1S/C19H13ClO/c1-3-13-10-11-15(20)12-17(13)16-8-4-6-14-7-5-9-18(21-2)19(14)16/h1,4-12H,2H3. The number of benzene rings is 3. The average Bonchev–Trinajstić information content (AvgIpc) is 2.53. The largest absolute Gasteiger partial charge is 0.496 e. The van der Waals surface area contributed by atoms with Crippen LogP contribution in [-0.4, -0.2) is 7.11 Å². The van der Waals surface area contributed by atoms with Gasteiger partial charge in [-0.15, -0.1) is 6.42 Å². The molecular weight excluding hydrogens is 280 g/mol. The third-order valence-electron chi connectivity index (χ3n) is 3.51. The van der Waals surface area contributed by atoms with Crippen LogP contribution in [0.2, 0.25) is 5.02 Å². The topological polar surface area (TPSA) is 9.23 Å². The minimum atomic E-state index is 0.663. The van der Waals surface area contributed by atoms with Crippen LogP contribution in [0.1, 0.15) is 5.56 Å². The molecule has 0 atom stereocenters. The number of hydrogen-bond acceptors (Lipinski definition) is 1. The van der Waals surface area contributed by atoms with Gasteiger partial charge in [0.2, 0.25) is 0 Å². The van der Waals surface area contributed by atoms with Crippen molar-refractivity contribution in [2.45, 2.75) is 0 Å². The van der Waals surface area contributed by atoms with Crippen molar-refractivity contribution in [2.75, 3.05) is 7.11 Å². The summed E-state index contributed by atoms with van der Waals surface area (Å²) in [6, 6.07) is 17.7. The fourth-order valence-corrected chi connectivity index (χ4v) is 2.74. The third-order valence-corrected chi connectivity index (χ3v) is 3.75. The van der Waals surface area contributed by atoms with E-state index in [4.69, 9.17) is 22.8 Å². The predicted octanol–water partition coefficient (Wildman–Crippen LogP) is 5.15. The zero-order valence-electron chi connectivity index (χ0n) is 11.6. The highest BCUT2D eigenvalue weighted by Crippen LogP contribution is 2.37. The van der Waals surface area contributed by atoms with Gasteiger partial charge in [-0.25, -0.2) is 0 Å². The Labute approximate surface area is 129 Å². The van der Waals surface area contributed by atoms with Crippen molar-refractivity contribution < 1.29 is 4.74 Å². The molecule has 0 saturated carbocycles. The number of terminal acetylenes is 1. The summed E-state index contributed by atoms with van der Waals surface area (Å²) in [6.45, 7) is 0. The van der Waals surface area contributed by atoms with Crippen molar-refractivity contribution in [2.24, 2.45) is 0 Å². The van der Waals surface area contributed by atoms with Gasteiger partial charge in [0, 0.05) is 16.0 Å². The maximum atomic E-state index is 6.15. The lowest BCUT2D eigenvalue weighted by Crippen LogP contribution is -1.90. The Kier molecular flexibility index (Phi) is 3.56. The van der Waals surface area contributed by atoms with E-state index in [1.54, 1.807) is 7.11 Å². The molecule has 0 bridgehead atoms. The van der Waals surface area contributed by atoms with E-state index in [1.807, 2.05) is 42.5 Å². The summed E-state index contributed by atoms with van der Waals surface area (Å²) in [4.78, 5) is 0. The van der Waals surface area contributed by atoms with Gasteiger partial charge in [-0.2, -0.15) is 0 Å². The highest BCUT2D eigenvalue weighted by molar-refractivity contribution is 6.31. The first-order valence-electron chi connectivity index (χ1n) is 6.57. The molecular formula is C19H13ClO. The summed E-state index contributed by atoms with van der Waals surface area (Å²) in [7, 11) is 1.67. The Morgan fingerprint density at radius 2 is 1.76 bits per heavy atom. The number of fused-ring (bicyclic) bond motifs is 1. The van der Waals surface area contributed by atoms with Crippen LogP contribution < -0.4 is 4.74 Å². The van der Waals surface area contributed by atoms with Gasteiger partial charge in [0.25, 0.3) is 0 Å². The summed E-state index contributed by atoms with van der Waals surface area (Å²) in [5.74, 6) is 3.55. The van der Waals surface area contributed by atoms with E-state index in [2.05, 4.69) is 18.1 Å². The van der Waals surface area contributed by atoms with Gasteiger partial charge in [-0.05, 0) is 40.8 Å². The molecule has 0 amide bonds. The Hall–Kier alpha value is -2.43. The van der Waals surface area contributed by atoms with Crippen LogP contribution in [0.4, 0.5) is 0 Å². The fraction of sp³-hybridized carbons (Fsp3) is 0.0526. The van der Waals surface area contributed by atoms with E-state index >= 15 is 0 Å². The van der Waals surface area contributed by atoms with Crippen LogP contribution in [0, 0.1) is 12.3 Å². The maximum absolute atomic E-state index is 6.15. The van der Waals surface area contributed by atoms with Gasteiger partial charge >= 0.3 is 0 Å². The molecule has 2 heteroatoms. The van der Waals surface area contributed by atoms with E-state index < -0.39 is 0 Å². The highest BCUT2D eigenvalue weighted by atomic mass is 35.5. The van der Waals surface area contributed by atoms with E-state index in [-0.39, 0.29) is 0 Å². The van der Waals surface area contributed by atoms with Gasteiger partial charge in [-0.1, -0.05) is 47.9 Å². The maximum Gasteiger partial charge on any atom is 0.127 e. The number of hydrogen-bond donors (Lipinski definition) is 0. The van der Waals surface area contributed by atoms with Crippen LogP contribution in [0.5, 0.6) is 5.75 Å². The van der Waals surface area contributed by atoms with Crippen molar-refractivity contribution in [3.8, 4) is 29.2 Å². The molecule has 0 N–H and O–H groups in total. The Morgan fingerprint density at radius 1 is 1.00 bits per heavy atom. The van der Waals surface area contributed by atoms with Crippen molar-refractivity contribution in [3.63, 3.8) is 0 Å². The Balaban J connectivity index is 2.41. The van der Waals surface area contributed by atoms with E-state index in [0.29, 0.717) is 5.02 Å². The minimum Gasteiger partial charge on any atom is -0.496 e. The summed E-state index contributed by atoms with van der Waals surface area (Å²) < 4.78 is 5.51. The second kappa shape index (κ2) is 5.52. The molecule has 3 aromatic carbocycles. The number of rotatable bonds is 2. The molecule has 0 aromatic heterocycles. The molecule has 0 fully saturated rings. The van der Waals surface area contributed by atoms with Crippen LogP contribution in [0.15, 0.2) is 54.6 Å². The smallest absolute Gasteiger partial charge is 0.127 e. The fourth-order valence-electron chi connectivity index (χ4n) is 2.57. The lowest BCUT2D eigenvalue weighted by Gasteiger charge is -2.12. The predicted molar refractivity (Wildman–Crippen MR) is 88.9 cm³/mol. The molecule has 0 unspecified atom stereocenters. The first-order valence-corrected chi connectivity index (χ1v) is 6.94. The zero-order valence-corrected chi connectivity index (χ0v) is 12.3. The van der Waals surface area contributed by atoms with Gasteiger partial charge in [-0.3, -0.25) is 0 Å². The number of methoxy groups -OCH3 is 1. The Bertz CT molecular complexity index is 854. The van der Waals surface area contributed by atoms with E-state index in [9.17, 15) is 0 Å². The number of ether oxygens (including phenoxy) is 1. The SMILES string of the molecule is C#Cc1ccc(Cl)cc1-c1cccc2cccc(OC)c12. The van der Waals surface area contributed by atoms with Gasteiger partial charge in [0.15, 0.2) is 0 Å². The van der Waals surface area contributed by atoms with Crippen molar-refractivity contribution >= 4 is 22.4 Å². The third kappa shape index (κ3) is 2.35. The Morgan fingerprint density at radius 3 is 2.48 bits per heavy atom. The second-order valence-corrected chi connectivity index (χ2v) is 5.13. The molecule has 0 heterocycles. The molecule has 0 saturated heterocycles. The molecule has 0 aliphatic carbocycles. The monoisotopic (exact) mass is 292 g/mol. The van der Waals surface area contributed by atoms with Crippen LogP contribution in [-0.2, 0) is 0 Å². The molecule has 3 aromatic rings. The molecule has 1 nitrogen and oxygen atoms in total. The molecule has 0 aliphatic heterocycles. The molecule has 3 rings (SSSR count). The van der Waals surface area contributed by atoms with Crippen molar-refractivity contribution in [1.29, 1.82) is 0 Å². The quantitative estimate of drug-likeness (QED) is 0.594. The molecule has 21 heavy (non-hydrogen) atoms. The molecule has 102 valence electrons. The summed E-state index contributed by atoms with van der Waals surface area (Å²) in [5.41, 5.74) is 2.79. The van der Waals surface area contributed by atoms with Gasteiger partial charge in [0.05, 0.1) is 7.11 Å². The average molecular weight is 293 g/mol. The summed E-state index contributed by atoms with van der Waals surface area (Å²) in [6.07, 6.45) is 5.63. The van der Waals surface area contributed by atoms with Crippen molar-refractivity contribution in [1.82, 2.24) is 0 Å². The first kappa shape index (κ1) is 13.5. The van der Waals surface area contributed by atoms with Gasteiger partial charge < -0.3 is 4.74 Å². The number of halogens is 1. The van der Waals surface area contributed by atoms with E-state index in [0.717, 1.165) is 33.2 Å². The highest BCUT2D eigenvalue weighted by Gasteiger charge is 2.11. The van der Waals surface area contributed by atoms with Crippen molar-refractivity contribution in [3.05, 3.63) is 65.2 Å². The van der Waals surface area contributed by atoms with Crippen LogP contribution >= 0.6 is 11.6 Å². The molecule has 0 spiro atoms. The second-order valence-electron chi connectivity index (χ2n) is 4.70. The molecule has 0 aliphatic rings. The zero-order chi connectivity index (χ0) is 14.8. The van der Waals surface area contributed by atoms with Crippen LogP contribution in [0.3, 0.4) is 0 Å². The lowest BCUT2D eigenvalue weighted by atomic mass is 9.94. The van der Waals surface area contributed by atoms with Crippen LogP contribution in [0.25, 0.3) is 21.9 Å². The summed E-state index contributed by atoms with van der Waals surface area (Å²) >= 11 is 6.15. The van der Waals surface area contributed by atoms with E-state index in [1.165, 1.54) is 0 Å². The minimum absolute atomic E-state index is 0.663.